The Kier molecular flexibility index (Phi) is 5.64. The molecule has 1 rings (SSSR count). The highest BCUT2D eigenvalue weighted by Crippen LogP contribution is 2.08. The Morgan fingerprint density at radius 2 is 1.94 bits per heavy atom. The number of hydrogen-bond donors (Lipinski definition) is 0. The molecule has 0 saturated heterocycles. The van der Waals surface area contributed by atoms with Gasteiger partial charge in [0.15, 0.2) is 5.78 Å². The quantitative estimate of drug-likeness (QED) is 0.433. The molecule has 3 nitrogen and oxygen atoms in total. The molecule has 0 N–H and O–H groups in total. The van der Waals surface area contributed by atoms with Crippen molar-refractivity contribution in [1.29, 1.82) is 0 Å². The molecule has 0 bridgehead atoms. The molecule has 0 aromatic heterocycles. The van der Waals surface area contributed by atoms with Gasteiger partial charge < -0.3 is 4.74 Å². The van der Waals surface area contributed by atoms with E-state index in [0.29, 0.717) is 17.9 Å². The van der Waals surface area contributed by atoms with Crippen LogP contribution in [0.3, 0.4) is 0 Å². The zero-order chi connectivity index (χ0) is 11.8. The highest BCUT2D eigenvalue weighted by Gasteiger charge is 2.05. The van der Waals surface area contributed by atoms with Gasteiger partial charge in [-0.2, -0.15) is 0 Å². The SMILES string of the molecule is COC(=O)CSCCC(=O)c1ccccc1. The highest BCUT2D eigenvalue weighted by molar-refractivity contribution is 7.99. The Morgan fingerprint density at radius 1 is 1.25 bits per heavy atom. The lowest BCUT2D eigenvalue weighted by molar-refractivity contribution is -0.137. The predicted molar refractivity (Wildman–Crippen MR) is 64.7 cm³/mol. The Hall–Kier alpha value is -1.29. The molecule has 0 aliphatic carbocycles. The molecule has 1 aromatic carbocycles. The second-order valence-corrected chi connectivity index (χ2v) is 4.27. The summed E-state index contributed by atoms with van der Waals surface area (Å²) in [5.74, 6) is 0.802. The molecule has 16 heavy (non-hydrogen) atoms. The summed E-state index contributed by atoms with van der Waals surface area (Å²) in [5, 5.41) is 0. The van der Waals surface area contributed by atoms with E-state index >= 15 is 0 Å². The third-order valence-electron chi connectivity index (χ3n) is 2.02. The summed E-state index contributed by atoms with van der Waals surface area (Å²) in [6.45, 7) is 0. The second-order valence-electron chi connectivity index (χ2n) is 3.17. The lowest BCUT2D eigenvalue weighted by Gasteiger charge is -2.01. The Balaban J connectivity index is 2.24. The van der Waals surface area contributed by atoms with Crippen LogP contribution in [0.5, 0.6) is 0 Å². The minimum Gasteiger partial charge on any atom is -0.468 e. The predicted octanol–water partition coefficient (Wildman–Crippen LogP) is 2.17. The molecule has 0 unspecified atom stereocenters. The first-order valence-corrected chi connectivity index (χ1v) is 6.12. The van der Waals surface area contributed by atoms with Gasteiger partial charge in [0, 0.05) is 17.7 Å². The maximum absolute atomic E-state index is 11.6. The van der Waals surface area contributed by atoms with E-state index in [9.17, 15) is 9.59 Å². The van der Waals surface area contributed by atoms with Gasteiger partial charge in [-0.25, -0.2) is 0 Å². The van der Waals surface area contributed by atoms with Crippen LogP contribution >= 0.6 is 11.8 Å². The fraction of sp³-hybridized carbons (Fsp3) is 0.333. The molecule has 0 amide bonds. The van der Waals surface area contributed by atoms with Crippen LogP contribution in [0.15, 0.2) is 30.3 Å². The number of esters is 1. The summed E-state index contributed by atoms with van der Waals surface area (Å²) in [6, 6.07) is 9.16. The molecule has 0 spiro atoms. The van der Waals surface area contributed by atoms with E-state index in [2.05, 4.69) is 4.74 Å². The van der Waals surface area contributed by atoms with Gasteiger partial charge in [-0.05, 0) is 0 Å². The van der Waals surface area contributed by atoms with E-state index in [4.69, 9.17) is 0 Å². The standard InChI is InChI=1S/C12H14O3S/c1-15-12(14)9-16-8-7-11(13)10-5-3-2-4-6-10/h2-6H,7-9H2,1H3. The molecule has 0 aliphatic heterocycles. The van der Waals surface area contributed by atoms with Gasteiger partial charge in [0.25, 0.3) is 0 Å². The first-order chi connectivity index (χ1) is 7.74. The van der Waals surface area contributed by atoms with Gasteiger partial charge in [0.05, 0.1) is 12.9 Å². The van der Waals surface area contributed by atoms with Crippen LogP contribution < -0.4 is 0 Å². The zero-order valence-corrected chi connectivity index (χ0v) is 9.96. The topological polar surface area (TPSA) is 43.4 Å². The van der Waals surface area contributed by atoms with Crippen molar-refractivity contribution in [2.75, 3.05) is 18.6 Å². The minimum absolute atomic E-state index is 0.109. The number of methoxy groups -OCH3 is 1. The molecule has 86 valence electrons. The maximum atomic E-state index is 11.6. The summed E-state index contributed by atoms with van der Waals surface area (Å²) >= 11 is 1.41. The number of benzene rings is 1. The monoisotopic (exact) mass is 238 g/mol. The number of ketones is 1. The smallest absolute Gasteiger partial charge is 0.315 e. The molecule has 0 heterocycles. The summed E-state index contributed by atoms with van der Waals surface area (Å²) in [6.07, 6.45) is 0.450. The molecule has 0 radical (unpaired) electrons. The normalized spacial score (nSPS) is 9.81. The van der Waals surface area contributed by atoms with Crippen LogP contribution in [-0.2, 0) is 9.53 Å². The molecule has 0 saturated carbocycles. The van der Waals surface area contributed by atoms with Gasteiger partial charge in [0.2, 0.25) is 0 Å². The van der Waals surface area contributed by atoms with E-state index in [1.807, 2.05) is 18.2 Å². The molecular formula is C12H14O3S. The average Bonchev–Trinajstić information content (AvgIpc) is 2.35. The van der Waals surface area contributed by atoms with Gasteiger partial charge in [-0.1, -0.05) is 30.3 Å². The van der Waals surface area contributed by atoms with E-state index in [1.54, 1.807) is 12.1 Å². The summed E-state index contributed by atoms with van der Waals surface area (Å²) in [4.78, 5) is 22.4. The van der Waals surface area contributed by atoms with Crippen molar-refractivity contribution in [2.24, 2.45) is 0 Å². The average molecular weight is 238 g/mol. The maximum Gasteiger partial charge on any atom is 0.315 e. The van der Waals surface area contributed by atoms with Gasteiger partial charge >= 0.3 is 5.97 Å². The lowest BCUT2D eigenvalue weighted by atomic mass is 10.1. The van der Waals surface area contributed by atoms with Crippen molar-refractivity contribution >= 4 is 23.5 Å². The third kappa shape index (κ3) is 4.49. The van der Waals surface area contributed by atoms with Crippen molar-refractivity contribution in [3.63, 3.8) is 0 Å². The van der Waals surface area contributed by atoms with Gasteiger partial charge in [-0.3, -0.25) is 9.59 Å². The lowest BCUT2D eigenvalue weighted by Crippen LogP contribution is -2.05. The van der Waals surface area contributed by atoms with Crippen LogP contribution in [0, 0.1) is 0 Å². The Labute approximate surface area is 99.2 Å². The van der Waals surface area contributed by atoms with Crippen molar-refractivity contribution in [1.82, 2.24) is 0 Å². The molecule has 0 fully saturated rings. The second kappa shape index (κ2) is 7.06. The number of rotatable bonds is 6. The van der Waals surface area contributed by atoms with E-state index in [1.165, 1.54) is 18.9 Å². The fourth-order valence-corrected chi connectivity index (χ4v) is 1.91. The molecule has 1 aromatic rings. The van der Waals surface area contributed by atoms with Crippen LogP contribution in [-0.4, -0.2) is 30.4 Å². The third-order valence-corrected chi connectivity index (χ3v) is 2.95. The molecule has 0 aliphatic rings. The fourth-order valence-electron chi connectivity index (χ4n) is 1.15. The van der Waals surface area contributed by atoms with Crippen molar-refractivity contribution in [2.45, 2.75) is 6.42 Å². The van der Waals surface area contributed by atoms with E-state index < -0.39 is 0 Å². The van der Waals surface area contributed by atoms with Crippen LogP contribution in [0.1, 0.15) is 16.8 Å². The molecule has 0 atom stereocenters. The minimum atomic E-state index is -0.253. The summed E-state index contributed by atoms with van der Waals surface area (Å²) in [7, 11) is 1.36. The Bertz CT molecular complexity index is 349. The zero-order valence-electron chi connectivity index (χ0n) is 9.14. The van der Waals surface area contributed by atoms with Crippen molar-refractivity contribution in [3.05, 3.63) is 35.9 Å². The van der Waals surface area contributed by atoms with Crippen molar-refractivity contribution in [3.8, 4) is 0 Å². The first kappa shape index (κ1) is 12.8. The van der Waals surface area contributed by atoms with E-state index in [-0.39, 0.29) is 11.8 Å². The van der Waals surface area contributed by atoms with Crippen LogP contribution in [0.2, 0.25) is 0 Å². The van der Waals surface area contributed by atoms with Crippen LogP contribution in [0.25, 0.3) is 0 Å². The largest absolute Gasteiger partial charge is 0.468 e. The van der Waals surface area contributed by atoms with Crippen LogP contribution in [0.4, 0.5) is 0 Å². The summed E-state index contributed by atoms with van der Waals surface area (Å²) in [5.41, 5.74) is 0.723. The number of carbonyl (C=O) groups is 2. The molecule has 4 heteroatoms. The van der Waals surface area contributed by atoms with Crippen molar-refractivity contribution < 1.29 is 14.3 Å². The number of carbonyl (C=O) groups excluding carboxylic acids is 2. The number of hydrogen-bond acceptors (Lipinski definition) is 4. The summed E-state index contributed by atoms with van der Waals surface area (Å²) < 4.78 is 4.50. The van der Waals surface area contributed by atoms with Gasteiger partial charge in [0.1, 0.15) is 0 Å². The van der Waals surface area contributed by atoms with E-state index in [0.717, 1.165) is 5.56 Å². The Morgan fingerprint density at radius 3 is 2.56 bits per heavy atom. The number of ether oxygens (including phenoxy) is 1. The van der Waals surface area contributed by atoms with Gasteiger partial charge in [-0.15, -0.1) is 11.8 Å². The number of thioether (sulfide) groups is 1. The number of Topliss-reactive ketones (excluding diaryl/α,β-unsaturated/α-hetero) is 1. The highest BCUT2D eigenvalue weighted by atomic mass is 32.2. The molecular weight excluding hydrogens is 224 g/mol. The first-order valence-electron chi connectivity index (χ1n) is 4.97.